The normalized spacial score (nSPS) is 11.4. The molecule has 6 heteroatoms. The second-order valence-corrected chi connectivity index (χ2v) is 4.24. The van der Waals surface area contributed by atoms with Crippen LogP contribution in [-0.2, 0) is 12.7 Å². The number of halogens is 4. The first kappa shape index (κ1) is 14.2. The number of nitrogens with two attached hydrogens (primary N) is 1. The van der Waals surface area contributed by atoms with Crippen molar-refractivity contribution < 1.29 is 17.6 Å². The summed E-state index contributed by atoms with van der Waals surface area (Å²) in [5.74, 6) is -0.411. The van der Waals surface area contributed by atoms with Crippen LogP contribution in [0.25, 0.3) is 0 Å². The smallest absolute Gasteiger partial charge is 0.398 e. The summed E-state index contributed by atoms with van der Waals surface area (Å²) in [6.07, 6.45) is -4.51. The molecule has 2 rings (SSSR count). The largest absolute Gasteiger partial charge is 0.418 e. The SMILES string of the molecule is Nc1ccc(NCc2ccccc2F)cc1C(F)(F)F. The van der Waals surface area contributed by atoms with E-state index in [-0.39, 0.29) is 17.9 Å². The number of alkyl halides is 3. The molecule has 2 aromatic carbocycles. The van der Waals surface area contributed by atoms with Gasteiger partial charge in [0, 0.05) is 23.5 Å². The zero-order chi connectivity index (χ0) is 14.8. The summed E-state index contributed by atoms with van der Waals surface area (Å²) >= 11 is 0. The van der Waals surface area contributed by atoms with Gasteiger partial charge in [0.05, 0.1) is 5.56 Å². The van der Waals surface area contributed by atoms with E-state index in [2.05, 4.69) is 5.32 Å². The van der Waals surface area contributed by atoms with E-state index in [1.54, 1.807) is 18.2 Å². The van der Waals surface area contributed by atoms with Crippen LogP contribution in [0.1, 0.15) is 11.1 Å². The van der Waals surface area contributed by atoms with Crippen molar-refractivity contribution in [1.82, 2.24) is 0 Å². The molecule has 0 aromatic heterocycles. The van der Waals surface area contributed by atoms with Crippen LogP contribution >= 0.6 is 0 Å². The number of nitrogen functional groups attached to an aromatic ring is 1. The lowest BCUT2D eigenvalue weighted by atomic mass is 10.1. The number of nitrogens with one attached hydrogen (secondary N) is 1. The molecular weight excluding hydrogens is 272 g/mol. The Labute approximate surface area is 113 Å². The van der Waals surface area contributed by atoms with Crippen molar-refractivity contribution >= 4 is 11.4 Å². The summed E-state index contributed by atoms with van der Waals surface area (Å²) in [4.78, 5) is 0. The van der Waals surface area contributed by atoms with Gasteiger partial charge in [-0.3, -0.25) is 0 Å². The van der Waals surface area contributed by atoms with Gasteiger partial charge in [-0.2, -0.15) is 13.2 Å². The van der Waals surface area contributed by atoms with Crippen LogP contribution in [0.5, 0.6) is 0 Å². The second kappa shape index (κ2) is 5.40. The highest BCUT2D eigenvalue weighted by molar-refractivity contribution is 5.58. The molecule has 0 aliphatic carbocycles. The van der Waals surface area contributed by atoms with Crippen LogP contribution in [0.15, 0.2) is 42.5 Å². The minimum absolute atomic E-state index is 0.0912. The standard InChI is InChI=1S/C14H12F4N2/c15-12-4-2-1-3-9(12)8-20-10-5-6-13(19)11(7-10)14(16,17)18/h1-7,20H,8,19H2. The van der Waals surface area contributed by atoms with Gasteiger partial charge in [-0.15, -0.1) is 0 Å². The van der Waals surface area contributed by atoms with E-state index in [0.29, 0.717) is 5.56 Å². The maximum atomic E-state index is 13.4. The van der Waals surface area contributed by atoms with Crippen LogP contribution in [0.3, 0.4) is 0 Å². The van der Waals surface area contributed by atoms with Crippen molar-refractivity contribution in [2.75, 3.05) is 11.1 Å². The molecule has 0 aliphatic rings. The quantitative estimate of drug-likeness (QED) is 0.659. The Hall–Kier alpha value is -2.24. The van der Waals surface area contributed by atoms with E-state index in [4.69, 9.17) is 5.73 Å². The van der Waals surface area contributed by atoms with Crippen LogP contribution in [0, 0.1) is 5.82 Å². The first-order valence-corrected chi connectivity index (χ1v) is 5.82. The lowest BCUT2D eigenvalue weighted by molar-refractivity contribution is -0.136. The van der Waals surface area contributed by atoms with Crippen LogP contribution in [0.2, 0.25) is 0 Å². The van der Waals surface area contributed by atoms with E-state index in [9.17, 15) is 17.6 Å². The molecule has 0 radical (unpaired) electrons. The fourth-order valence-electron chi connectivity index (χ4n) is 1.75. The zero-order valence-electron chi connectivity index (χ0n) is 10.3. The molecule has 0 bridgehead atoms. The molecule has 0 atom stereocenters. The van der Waals surface area contributed by atoms with Gasteiger partial charge in [0.1, 0.15) is 5.82 Å². The third-order valence-corrected chi connectivity index (χ3v) is 2.80. The van der Waals surface area contributed by atoms with Gasteiger partial charge in [0.2, 0.25) is 0 Å². The summed E-state index contributed by atoms with van der Waals surface area (Å²) in [5.41, 5.74) is 4.66. The van der Waals surface area contributed by atoms with E-state index >= 15 is 0 Å². The first-order valence-electron chi connectivity index (χ1n) is 5.82. The lowest BCUT2D eigenvalue weighted by Gasteiger charge is -2.13. The maximum absolute atomic E-state index is 13.4. The molecule has 2 nitrogen and oxygen atoms in total. The molecular formula is C14H12F4N2. The molecule has 0 amide bonds. The van der Waals surface area contributed by atoms with Gasteiger partial charge in [0.25, 0.3) is 0 Å². The number of hydrogen-bond acceptors (Lipinski definition) is 2. The highest BCUT2D eigenvalue weighted by atomic mass is 19.4. The molecule has 0 unspecified atom stereocenters. The van der Waals surface area contributed by atoms with E-state index in [1.165, 1.54) is 18.2 Å². The Balaban J connectivity index is 2.17. The minimum Gasteiger partial charge on any atom is -0.398 e. The molecule has 0 fully saturated rings. The molecule has 0 saturated carbocycles. The van der Waals surface area contributed by atoms with E-state index in [1.807, 2.05) is 0 Å². The zero-order valence-corrected chi connectivity index (χ0v) is 10.3. The van der Waals surface area contributed by atoms with E-state index in [0.717, 1.165) is 6.07 Å². The summed E-state index contributed by atoms with van der Waals surface area (Å²) in [7, 11) is 0. The van der Waals surface area contributed by atoms with Gasteiger partial charge in [-0.1, -0.05) is 18.2 Å². The number of anilines is 2. The molecule has 0 saturated heterocycles. The van der Waals surface area contributed by atoms with Crippen molar-refractivity contribution in [3.05, 3.63) is 59.4 Å². The summed E-state index contributed by atoms with van der Waals surface area (Å²) in [6.45, 7) is 0.0912. The molecule has 3 N–H and O–H groups in total. The fourth-order valence-corrected chi connectivity index (χ4v) is 1.75. The van der Waals surface area contributed by atoms with E-state index < -0.39 is 17.6 Å². The molecule has 0 heterocycles. The molecule has 20 heavy (non-hydrogen) atoms. The monoisotopic (exact) mass is 284 g/mol. The van der Waals surface area contributed by atoms with Gasteiger partial charge in [-0.25, -0.2) is 4.39 Å². The van der Waals surface area contributed by atoms with Gasteiger partial charge < -0.3 is 11.1 Å². The number of rotatable bonds is 3. The third kappa shape index (κ3) is 3.20. The first-order chi connectivity index (χ1) is 9.38. The van der Waals surface area contributed by atoms with Crippen molar-refractivity contribution in [3.8, 4) is 0 Å². The average Bonchev–Trinajstić information content (AvgIpc) is 2.38. The maximum Gasteiger partial charge on any atom is 0.418 e. The molecule has 0 aliphatic heterocycles. The van der Waals surface area contributed by atoms with Crippen molar-refractivity contribution in [3.63, 3.8) is 0 Å². The Morgan fingerprint density at radius 2 is 1.75 bits per heavy atom. The third-order valence-electron chi connectivity index (χ3n) is 2.80. The summed E-state index contributed by atoms with van der Waals surface area (Å²) in [5, 5.41) is 2.75. The average molecular weight is 284 g/mol. The highest BCUT2D eigenvalue weighted by Gasteiger charge is 2.33. The van der Waals surface area contributed by atoms with Gasteiger partial charge in [-0.05, 0) is 24.3 Å². The Morgan fingerprint density at radius 3 is 2.40 bits per heavy atom. The Kier molecular flexibility index (Phi) is 3.83. The highest BCUT2D eigenvalue weighted by Crippen LogP contribution is 2.35. The fraction of sp³-hybridized carbons (Fsp3) is 0.143. The molecule has 2 aromatic rings. The number of hydrogen-bond donors (Lipinski definition) is 2. The summed E-state index contributed by atoms with van der Waals surface area (Å²) in [6, 6.07) is 9.56. The van der Waals surface area contributed by atoms with Gasteiger partial charge >= 0.3 is 6.18 Å². The minimum atomic E-state index is -4.51. The topological polar surface area (TPSA) is 38.0 Å². The Bertz CT molecular complexity index is 608. The number of benzene rings is 2. The van der Waals surface area contributed by atoms with Crippen LogP contribution in [0.4, 0.5) is 28.9 Å². The molecule has 0 spiro atoms. The predicted octanol–water partition coefficient (Wildman–Crippen LogP) is 4.04. The summed E-state index contributed by atoms with van der Waals surface area (Å²) < 4.78 is 51.4. The van der Waals surface area contributed by atoms with Crippen molar-refractivity contribution in [2.45, 2.75) is 12.7 Å². The molecule has 106 valence electrons. The second-order valence-electron chi connectivity index (χ2n) is 4.24. The van der Waals surface area contributed by atoms with Crippen molar-refractivity contribution in [2.24, 2.45) is 0 Å². The van der Waals surface area contributed by atoms with Crippen molar-refractivity contribution in [1.29, 1.82) is 0 Å². The van der Waals surface area contributed by atoms with Crippen LogP contribution in [-0.4, -0.2) is 0 Å². The van der Waals surface area contributed by atoms with Gasteiger partial charge in [0.15, 0.2) is 0 Å². The predicted molar refractivity (Wildman–Crippen MR) is 69.6 cm³/mol. The van der Waals surface area contributed by atoms with Crippen LogP contribution < -0.4 is 11.1 Å². The lowest BCUT2D eigenvalue weighted by Crippen LogP contribution is -2.10. The Morgan fingerprint density at radius 1 is 1.05 bits per heavy atom.